The largest absolute Gasteiger partial charge is 0.339 e. The average molecular weight is 283 g/mol. The van der Waals surface area contributed by atoms with Gasteiger partial charge in [0.2, 0.25) is 0 Å². The van der Waals surface area contributed by atoms with E-state index in [-0.39, 0.29) is 5.91 Å². The SMILES string of the molecule is CC1CCN(C(=O)c2ccc(Cn3cccn3)cc2)CC1. The Bertz CT molecular complexity index is 581. The molecule has 0 unspecified atom stereocenters. The molecule has 21 heavy (non-hydrogen) atoms. The predicted molar refractivity (Wildman–Crippen MR) is 82.1 cm³/mol. The number of hydrogen-bond acceptors (Lipinski definition) is 2. The van der Waals surface area contributed by atoms with Crippen molar-refractivity contribution in [3.8, 4) is 0 Å². The average Bonchev–Trinajstić information content (AvgIpc) is 3.01. The van der Waals surface area contributed by atoms with Gasteiger partial charge < -0.3 is 4.90 Å². The quantitative estimate of drug-likeness (QED) is 0.868. The summed E-state index contributed by atoms with van der Waals surface area (Å²) >= 11 is 0. The highest BCUT2D eigenvalue weighted by Crippen LogP contribution is 2.18. The molecular formula is C17H21N3O. The van der Waals surface area contributed by atoms with E-state index in [1.165, 1.54) is 0 Å². The van der Waals surface area contributed by atoms with Crippen molar-refractivity contribution in [1.82, 2.24) is 14.7 Å². The van der Waals surface area contributed by atoms with Gasteiger partial charge in [-0.05, 0) is 42.5 Å². The number of carbonyl (C=O) groups excluding carboxylic acids is 1. The number of likely N-dealkylation sites (tertiary alicyclic amines) is 1. The van der Waals surface area contributed by atoms with Gasteiger partial charge in [-0.1, -0.05) is 19.1 Å². The minimum absolute atomic E-state index is 0.160. The maximum atomic E-state index is 12.4. The lowest BCUT2D eigenvalue weighted by Crippen LogP contribution is -2.37. The zero-order valence-electron chi connectivity index (χ0n) is 12.4. The smallest absolute Gasteiger partial charge is 0.253 e. The van der Waals surface area contributed by atoms with E-state index in [9.17, 15) is 4.79 Å². The summed E-state index contributed by atoms with van der Waals surface area (Å²) < 4.78 is 1.88. The summed E-state index contributed by atoms with van der Waals surface area (Å²) in [5, 5.41) is 4.19. The normalized spacial score (nSPS) is 16.1. The first kappa shape index (κ1) is 13.9. The lowest BCUT2D eigenvalue weighted by molar-refractivity contribution is 0.0697. The molecule has 0 spiro atoms. The van der Waals surface area contributed by atoms with Crippen LogP contribution in [0, 0.1) is 5.92 Å². The molecule has 1 aliphatic heterocycles. The summed E-state index contributed by atoms with van der Waals surface area (Å²) in [7, 11) is 0. The van der Waals surface area contributed by atoms with E-state index in [1.54, 1.807) is 6.20 Å². The van der Waals surface area contributed by atoms with Crippen molar-refractivity contribution in [2.75, 3.05) is 13.1 Å². The first-order valence-corrected chi connectivity index (χ1v) is 7.58. The van der Waals surface area contributed by atoms with Gasteiger partial charge in [0.1, 0.15) is 0 Å². The van der Waals surface area contributed by atoms with Crippen molar-refractivity contribution in [2.45, 2.75) is 26.3 Å². The van der Waals surface area contributed by atoms with Gasteiger partial charge in [-0.2, -0.15) is 5.10 Å². The maximum Gasteiger partial charge on any atom is 0.253 e. The summed E-state index contributed by atoms with van der Waals surface area (Å²) in [6, 6.07) is 9.80. The van der Waals surface area contributed by atoms with E-state index >= 15 is 0 Å². The molecule has 1 aliphatic rings. The summed E-state index contributed by atoms with van der Waals surface area (Å²) in [6.07, 6.45) is 5.94. The van der Waals surface area contributed by atoms with Crippen LogP contribution in [0.5, 0.6) is 0 Å². The second-order valence-electron chi connectivity index (χ2n) is 5.88. The van der Waals surface area contributed by atoms with Crippen LogP contribution in [-0.4, -0.2) is 33.7 Å². The fourth-order valence-electron chi connectivity index (χ4n) is 2.73. The number of rotatable bonds is 3. The molecule has 3 rings (SSSR count). The molecular weight excluding hydrogens is 262 g/mol. The molecule has 2 heterocycles. The molecule has 0 atom stereocenters. The van der Waals surface area contributed by atoms with E-state index in [2.05, 4.69) is 12.0 Å². The number of amides is 1. The minimum atomic E-state index is 0.160. The number of hydrogen-bond donors (Lipinski definition) is 0. The molecule has 4 nitrogen and oxygen atoms in total. The van der Waals surface area contributed by atoms with Crippen LogP contribution in [0.2, 0.25) is 0 Å². The first-order valence-electron chi connectivity index (χ1n) is 7.58. The summed E-state index contributed by atoms with van der Waals surface area (Å²) in [5.74, 6) is 0.901. The van der Waals surface area contributed by atoms with Crippen LogP contribution < -0.4 is 0 Å². The Hall–Kier alpha value is -2.10. The highest BCUT2D eigenvalue weighted by atomic mass is 16.2. The van der Waals surface area contributed by atoms with Gasteiger partial charge in [0.15, 0.2) is 0 Å². The van der Waals surface area contributed by atoms with E-state index in [0.717, 1.165) is 49.5 Å². The van der Waals surface area contributed by atoms with Crippen molar-refractivity contribution < 1.29 is 4.79 Å². The second kappa shape index (κ2) is 6.12. The summed E-state index contributed by atoms with van der Waals surface area (Å²) in [5.41, 5.74) is 1.94. The Labute approximate surface area is 125 Å². The van der Waals surface area contributed by atoms with Gasteiger partial charge in [-0.25, -0.2) is 0 Å². The molecule has 1 amide bonds. The molecule has 0 aliphatic carbocycles. The Morgan fingerprint density at radius 3 is 2.57 bits per heavy atom. The van der Waals surface area contributed by atoms with E-state index < -0.39 is 0 Å². The van der Waals surface area contributed by atoms with Crippen LogP contribution >= 0.6 is 0 Å². The highest BCUT2D eigenvalue weighted by Gasteiger charge is 2.21. The Balaban J connectivity index is 1.64. The van der Waals surface area contributed by atoms with Crippen molar-refractivity contribution in [3.63, 3.8) is 0 Å². The zero-order valence-corrected chi connectivity index (χ0v) is 12.4. The highest BCUT2D eigenvalue weighted by molar-refractivity contribution is 5.94. The van der Waals surface area contributed by atoms with Crippen LogP contribution in [0.15, 0.2) is 42.7 Å². The van der Waals surface area contributed by atoms with Crippen molar-refractivity contribution in [2.24, 2.45) is 5.92 Å². The van der Waals surface area contributed by atoms with Gasteiger partial charge in [0.25, 0.3) is 5.91 Å². The monoisotopic (exact) mass is 283 g/mol. The zero-order chi connectivity index (χ0) is 14.7. The molecule has 1 aromatic carbocycles. The third kappa shape index (κ3) is 3.32. The van der Waals surface area contributed by atoms with Crippen LogP contribution in [0.25, 0.3) is 0 Å². The second-order valence-corrected chi connectivity index (χ2v) is 5.88. The van der Waals surface area contributed by atoms with E-state index in [1.807, 2.05) is 46.1 Å². The van der Waals surface area contributed by atoms with E-state index in [4.69, 9.17) is 0 Å². The van der Waals surface area contributed by atoms with E-state index in [0.29, 0.717) is 0 Å². The molecule has 1 aromatic heterocycles. The molecule has 0 bridgehead atoms. The van der Waals surface area contributed by atoms with Gasteiger partial charge >= 0.3 is 0 Å². The molecule has 4 heteroatoms. The number of aromatic nitrogens is 2. The van der Waals surface area contributed by atoms with Crippen LogP contribution in [-0.2, 0) is 6.54 Å². The molecule has 0 radical (unpaired) electrons. The van der Waals surface area contributed by atoms with Gasteiger partial charge in [0.05, 0.1) is 6.54 Å². The molecule has 110 valence electrons. The number of piperidine rings is 1. The van der Waals surface area contributed by atoms with Crippen molar-refractivity contribution in [1.29, 1.82) is 0 Å². The predicted octanol–water partition coefficient (Wildman–Crippen LogP) is 2.80. The molecule has 0 N–H and O–H groups in total. The standard InChI is InChI=1S/C17H21N3O/c1-14-7-11-19(12-8-14)17(21)16-5-3-15(4-6-16)13-20-10-2-9-18-20/h2-6,9-10,14H,7-8,11-13H2,1H3. The fraction of sp³-hybridized carbons (Fsp3) is 0.412. The molecule has 1 fully saturated rings. The van der Waals surface area contributed by atoms with Crippen molar-refractivity contribution >= 4 is 5.91 Å². The molecule has 0 saturated carbocycles. The Kier molecular flexibility index (Phi) is 4.04. The molecule has 2 aromatic rings. The lowest BCUT2D eigenvalue weighted by atomic mass is 9.98. The van der Waals surface area contributed by atoms with Gasteiger partial charge in [-0.3, -0.25) is 9.48 Å². The van der Waals surface area contributed by atoms with Crippen LogP contribution in [0.3, 0.4) is 0 Å². The van der Waals surface area contributed by atoms with Crippen molar-refractivity contribution in [3.05, 3.63) is 53.9 Å². The van der Waals surface area contributed by atoms with Gasteiger partial charge in [0, 0.05) is 31.0 Å². The minimum Gasteiger partial charge on any atom is -0.339 e. The Morgan fingerprint density at radius 2 is 1.95 bits per heavy atom. The third-order valence-electron chi connectivity index (χ3n) is 4.18. The number of benzene rings is 1. The van der Waals surface area contributed by atoms with Gasteiger partial charge in [-0.15, -0.1) is 0 Å². The third-order valence-corrected chi connectivity index (χ3v) is 4.18. The number of nitrogens with zero attached hydrogens (tertiary/aromatic N) is 3. The van der Waals surface area contributed by atoms with Crippen LogP contribution in [0.4, 0.5) is 0 Å². The number of carbonyl (C=O) groups is 1. The molecule has 1 saturated heterocycles. The van der Waals surface area contributed by atoms with Crippen LogP contribution in [0.1, 0.15) is 35.7 Å². The topological polar surface area (TPSA) is 38.1 Å². The first-order chi connectivity index (χ1) is 10.2. The Morgan fingerprint density at radius 1 is 1.24 bits per heavy atom. The maximum absolute atomic E-state index is 12.4. The summed E-state index contributed by atoms with van der Waals surface area (Å²) in [4.78, 5) is 14.4. The summed E-state index contributed by atoms with van der Waals surface area (Å²) in [6.45, 7) is 4.76. The lowest BCUT2D eigenvalue weighted by Gasteiger charge is -2.30. The fourth-order valence-corrected chi connectivity index (χ4v) is 2.73.